The van der Waals surface area contributed by atoms with Crippen LogP contribution in [0.3, 0.4) is 0 Å². The van der Waals surface area contributed by atoms with Gasteiger partial charge in [-0.2, -0.15) is 0 Å². The summed E-state index contributed by atoms with van der Waals surface area (Å²) in [5.74, 6) is 0.242. The third-order valence-corrected chi connectivity index (χ3v) is 6.03. The number of piperidine rings is 1. The second-order valence-corrected chi connectivity index (χ2v) is 8.24. The molecule has 0 bridgehead atoms. The molecular weight excluding hydrogens is 292 g/mol. The van der Waals surface area contributed by atoms with E-state index in [4.69, 9.17) is 0 Å². The molecule has 2 saturated heterocycles. The Balaban J connectivity index is 1.77. The predicted molar refractivity (Wildman–Crippen MR) is 79.4 cm³/mol. The van der Waals surface area contributed by atoms with Gasteiger partial charge in [0.1, 0.15) is 0 Å². The summed E-state index contributed by atoms with van der Waals surface area (Å²) in [5, 5.41) is 2.85. The van der Waals surface area contributed by atoms with Gasteiger partial charge in [-0.1, -0.05) is 6.92 Å². The van der Waals surface area contributed by atoms with Gasteiger partial charge < -0.3 is 10.2 Å². The van der Waals surface area contributed by atoms with Crippen molar-refractivity contribution < 1.29 is 18.0 Å². The summed E-state index contributed by atoms with van der Waals surface area (Å²) >= 11 is 0. The van der Waals surface area contributed by atoms with Crippen LogP contribution in [0, 0.1) is 5.92 Å². The number of nitrogens with zero attached hydrogens (tertiary/aromatic N) is 1. The molecule has 0 aromatic carbocycles. The molecule has 2 rings (SSSR count). The quantitative estimate of drug-likeness (QED) is 0.810. The molecule has 2 amide bonds. The number of sulfone groups is 1. The first kappa shape index (κ1) is 16.3. The first-order chi connectivity index (χ1) is 9.91. The molecule has 1 unspecified atom stereocenters. The highest BCUT2D eigenvalue weighted by atomic mass is 32.2. The van der Waals surface area contributed by atoms with Crippen molar-refractivity contribution in [1.29, 1.82) is 0 Å². The van der Waals surface area contributed by atoms with Crippen molar-refractivity contribution in [3.8, 4) is 0 Å². The topological polar surface area (TPSA) is 83.6 Å². The lowest BCUT2D eigenvalue weighted by molar-refractivity contribution is -0.135. The zero-order valence-electron chi connectivity index (χ0n) is 12.5. The smallest absolute Gasteiger partial charge is 0.223 e. The maximum atomic E-state index is 12.2. The molecule has 21 heavy (non-hydrogen) atoms. The van der Waals surface area contributed by atoms with Crippen LogP contribution in [-0.4, -0.2) is 55.8 Å². The minimum absolute atomic E-state index is 0.0558. The van der Waals surface area contributed by atoms with Gasteiger partial charge in [0.2, 0.25) is 11.8 Å². The molecular formula is C14H24N2O4S. The Labute approximate surface area is 126 Å². The van der Waals surface area contributed by atoms with E-state index in [2.05, 4.69) is 5.32 Å². The summed E-state index contributed by atoms with van der Waals surface area (Å²) in [6.07, 6.45) is 3.26. The first-order valence-corrected chi connectivity index (χ1v) is 9.52. The lowest BCUT2D eigenvalue weighted by Gasteiger charge is -2.31. The van der Waals surface area contributed by atoms with Gasteiger partial charge in [-0.3, -0.25) is 9.59 Å². The van der Waals surface area contributed by atoms with E-state index in [1.54, 1.807) is 0 Å². The van der Waals surface area contributed by atoms with E-state index in [-0.39, 0.29) is 35.3 Å². The van der Waals surface area contributed by atoms with Gasteiger partial charge in [-0.15, -0.1) is 0 Å². The van der Waals surface area contributed by atoms with Crippen LogP contribution in [0.5, 0.6) is 0 Å². The number of nitrogens with one attached hydrogen (secondary N) is 1. The third kappa shape index (κ3) is 4.43. The Morgan fingerprint density at radius 3 is 2.38 bits per heavy atom. The van der Waals surface area contributed by atoms with Gasteiger partial charge in [0.15, 0.2) is 9.84 Å². The van der Waals surface area contributed by atoms with Crippen LogP contribution < -0.4 is 5.32 Å². The molecule has 6 nitrogen and oxygen atoms in total. The van der Waals surface area contributed by atoms with Crippen LogP contribution in [0.25, 0.3) is 0 Å². The highest BCUT2D eigenvalue weighted by Crippen LogP contribution is 2.20. The fourth-order valence-electron chi connectivity index (χ4n) is 2.99. The molecule has 2 fully saturated rings. The molecule has 0 aromatic rings. The Hall–Kier alpha value is -1.11. The van der Waals surface area contributed by atoms with E-state index in [1.165, 1.54) is 0 Å². The van der Waals surface area contributed by atoms with E-state index in [1.807, 2.05) is 11.8 Å². The van der Waals surface area contributed by atoms with Gasteiger partial charge in [-0.05, 0) is 25.7 Å². The second-order valence-electron chi connectivity index (χ2n) is 6.01. The number of amides is 2. The standard InChI is InChI=1S/C14H24N2O4S/c1-2-3-13(17)16-7-4-11(5-8-16)14(18)15-12-6-9-21(19,20)10-12/h11-12H,2-10H2,1H3,(H,15,18). The molecule has 0 saturated carbocycles. The molecule has 2 aliphatic rings. The van der Waals surface area contributed by atoms with Crippen LogP contribution in [0.2, 0.25) is 0 Å². The maximum Gasteiger partial charge on any atom is 0.223 e. The molecule has 7 heteroatoms. The van der Waals surface area contributed by atoms with Crippen LogP contribution in [-0.2, 0) is 19.4 Å². The number of rotatable bonds is 4. The van der Waals surface area contributed by atoms with Crippen molar-refractivity contribution in [2.75, 3.05) is 24.6 Å². The molecule has 2 heterocycles. The van der Waals surface area contributed by atoms with Crippen LogP contribution in [0.1, 0.15) is 39.0 Å². The number of hydrogen-bond acceptors (Lipinski definition) is 4. The Bertz CT molecular complexity index is 495. The van der Waals surface area contributed by atoms with Crippen molar-refractivity contribution in [2.45, 2.75) is 45.1 Å². The summed E-state index contributed by atoms with van der Waals surface area (Å²) < 4.78 is 22.8. The van der Waals surface area contributed by atoms with Gasteiger partial charge in [0.25, 0.3) is 0 Å². The molecule has 120 valence electrons. The van der Waals surface area contributed by atoms with E-state index < -0.39 is 9.84 Å². The van der Waals surface area contributed by atoms with Gasteiger partial charge >= 0.3 is 0 Å². The molecule has 1 N–H and O–H groups in total. The molecule has 0 aliphatic carbocycles. The lowest BCUT2D eigenvalue weighted by atomic mass is 9.95. The number of hydrogen-bond donors (Lipinski definition) is 1. The second kappa shape index (κ2) is 6.77. The highest BCUT2D eigenvalue weighted by molar-refractivity contribution is 7.91. The highest BCUT2D eigenvalue weighted by Gasteiger charge is 2.32. The van der Waals surface area contributed by atoms with Gasteiger partial charge in [0.05, 0.1) is 11.5 Å². The Kier molecular flexibility index (Phi) is 5.24. The van der Waals surface area contributed by atoms with Crippen molar-refractivity contribution in [1.82, 2.24) is 10.2 Å². The third-order valence-electron chi connectivity index (χ3n) is 4.26. The lowest BCUT2D eigenvalue weighted by Crippen LogP contribution is -2.45. The minimum atomic E-state index is -2.97. The zero-order valence-corrected chi connectivity index (χ0v) is 13.3. The molecule has 2 aliphatic heterocycles. The van der Waals surface area contributed by atoms with Crippen molar-refractivity contribution in [3.05, 3.63) is 0 Å². The molecule has 0 radical (unpaired) electrons. The van der Waals surface area contributed by atoms with Gasteiger partial charge in [-0.25, -0.2) is 8.42 Å². The van der Waals surface area contributed by atoms with Crippen molar-refractivity contribution in [2.24, 2.45) is 5.92 Å². The van der Waals surface area contributed by atoms with Crippen LogP contribution in [0.4, 0.5) is 0 Å². The first-order valence-electron chi connectivity index (χ1n) is 7.70. The van der Waals surface area contributed by atoms with E-state index in [9.17, 15) is 18.0 Å². The number of carbonyl (C=O) groups excluding carboxylic acids is 2. The van der Waals surface area contributed by atoms with Crippen LogP contribution in [0.15, 0.2) is 0 Å². The molecule has 0 spiro atoms. The summed E-state index contributed by atoms with van der Waals surface area (Å²) in [7, 11) is -2.97. The normalized spacial score (nSPS) is 25.8. The van der Waals surface area contributed by atoms with E-state index in [0.717, 1.165) is 6.42 Å². The molecule has 0 aromatic heterocycles. The summed E-state index contributed by atoms with van der Waals surface area (Å²) in [4.78, 5) is 25.8. The zero-order chi connectivity index (χ0) is 15.5. The predicted octanol–water partition coefficient (Wildman–Crippen LogP) is 0.328. The monoisotopic (exact) mass is 316 g/mol. The molecule has 1 atom stereocenters. The Morgan fingerprint density at radius 1 is 1.19 bits per heavy atom. The van der Waals surface area contributed by atoms with Crippen molar-refractivity contribution >= 4 is 21.7 Å². The van der Waals surface area contributed by atoms with Crippen molar-refractivity contribution in [3.63, 3.8) is 0 Å². The van der Waals surface area contributed by atoms with E-state index >= 15 is 0 Å². The van der Waals surface area contributed by atoms with E-state index in [0.29, 0.717) is 38.8 Å². The fraction of sp³-hybridized carbons (Fsp3) is 0.857. The average molecular weight is 316 g/mol. The largest absolute Gasteiger partial charge is 0.352 e. The number of likely N-dealkylation sites (tertiary alicyclic amines) is 1. The fourth-order valence-corrected chi connectivity index (χ4v) is 4.66. The van der Waals surface area contributed by atoms with Gasteiger partial charge in [0, 0.05) is 31.5 Å². The average Bonchev–Trinajstić information content (AvgIpc) is 2.78. The number of carbonyl (C=O) groups is 2. The summed E-state index contributed by atoms with van der Waals surface area (Å²) in [5.41, 5.74) is 0. The SMILES string of the molecule is CCCC(=O)N1CCC(C(=O)NC2CCS(=O)(=O)C2)CC1. The summed E-state index contributed by atoms with van der Waals surface area (Å²) in [6.45, 7) is 3.23. The van der Waals surface area contributed by atoms with Crippen LogP contribution >= 0.6 is 0 Å². The maximum absolute atomic E-state index is 12.2. The summed E-state index contributed by atoms with van der Waals surface area (Å²) in [6, 6.07) is -0.234. The minimum Gasteiger partial charge on any atom is -0.352 e. The Morgan fingerprint density at radius 2 is 1.86 bits per heavy atom.